The van der Waals surface area contributed by atoms with Gasteiger partial charge in [-0.2, -0.15) is 19.7 Å². The van der Waals surface area contributed by atoms with Crippen molar-refractivity contribution in [3.05, 3.63) is 46.7 Å². The molecule has 1 spiro atoms. The number of thiazole rings is 1. The molecule has 0 aliphatic carbocycles. The fraction of sp³-hybridized carbons (Fsp3) is 0.469. The molecule has 7 rings (SSSR count). The first-order valence-electron chi connectivity index (χ1n) is 15.2. The van der Waals surface area contributed by atoms with E-state index in [1.807, 2.05) is 65.9 Å². The molecule has 3 fully saturated rings. The van der Waals surface area contributed by atoms with Crippen LogP contribution in [0.2, 0.25) is 0 Å². The Bertz CT molecular complexity index is 1770. The number of amides is 1. The molecule has 1 amide bonds. The number of fused-ring (bicyclic) bond motifs is 1. The normalized spacial score (nSPS) is 18.4. The van der Waals surface area contributed by atoms with E-state index in [0.29, 0.717) is 46.7 Å². The van der Waals surface area contributed by atoms with Crippen molar-refractivity contribution in [2.75, 3.05) is 63.2 Å². The van der Waals surface area contributed by atoms with Gasteiger partial charge < -0.3 is 19.6 Å². The van der Waals surface area contributed by atoms with Gasteiger partial charge in [-0.3, -0.25) is 4.79 Å². The monoisotopic (exact) mass is 613 g/mol. The van der Waals surface area contributed by atoms with Crippen LogP contribution in [0.25, 0.3) is 22.3 Å². The number of hydrogen-bond acceptors (Lipinski definition) is 9. The lowest BCUT2D eigenvalue weighted by Gasteiger charge is -2.61. The lowest BCUT2D eigenvalue weighted by molar-refractivity contribution is -0.151. The molecule has 10 nitrogen and oxygen atoms in total. The van der Waals surface area contributed by atoms with Crippen molar-refractivity contribution in [2.45, 2.75) is 33.2 Å². The van der Waals surface area contributed by atoms with Crippen LogP contribution in [0.3, 0.4) is 0 Å². The zero-order valence-electron chi connectivity index (χ0n) is 25.5. The number of aromatic nitrogens is 4. The van der Waals surface area contributed by atoms with Crippen LogP contribution >= 0.6 is 11.3 Å². The SMILES string of the molecule is CCn1nc2nc(F)c(N3CC4(CN(C(=O)C5CCN(C)CC5)C4)C3)cc2c1N(C)c1nc(-c2ccc(C)cc2)c(C#N)s1. The van der Waals surface area contributed by atoms with Crippen LogP contribution in [-0.2, 0) is 11.3 Å². The molecule has 228 valence electrons. The van der Waals surface area contributed by atoms with Crippen molar-refractivity contribution in [3.63, 3.8) is 0 Å². The third-order valence-electron chi connectivity index (χ3n) is 9.41. The summed E-state index contributed by atoms with van der Waals surface area (Å²) in [7, 11) is 4.00. The van der Waals surface area contributed by atoms with E-state index in [1.165, 1.54) is 11.3 Å². The van der Waals surface area contributed by atoms with Gasteiger partial charge in [0.2, 0.25) is 11.9 Å². The second-order valence-electron chi connectivity index (χ2n) is 12.6. The number of carbonyl (C=O) groups excluding carboxylic acids is 1. The third-order valence-corrected chi connectivity index (χ3v) is 10.4. The van der Waals surface area contributed by atoms with E-state index in [4.69, 9.17) is 4.98 Å². The number of aryl methyl sites for hydroxylation is 2. The van der Waals surface area contributed by atoms with Gasteiger partial charge in [0.25, 0.3) is 0 Å². The summed E-state index contributed by atoms with van der Waals surface area (Å²) < 4.78 is 17.2. The van der Waals surface area contributed by atoms with Crippen molar-refractivity contribution in [1.29, 1.82) is 5.26 Å². The average molecular weight is 614 g/mol. The number of pyridine rings is 1. The van der Waals surface area contributed by atoms with Crippen LogP contribution in [0.15, 0.2) is 30.3 Å². The molecule has 12 heteroatoms. The molecule has 0 N–H and O–H groups in total. The van der Waals surface area contributed by atoms with Gasteiger partial charge in [0.05, 0.1) is 11.1 Å². The molecule has 1 aromatic carbocycles. The zero-order chi connectivity index (χ0) is 30.7. The number of carbonyl (C=O) groups is 1. The van der Waals surface area contributed by atoms with Gasteiger partial charge in [-0.15, -0.1) is 0 Å². The van der Waals surface area contributed by atoms with E-state index in [2.05, 4.69) is 28.1 Å². The number of benzene rings is 1. The summed E-state index contributed by atoms with van der Waals surface area (Å²) in [6.07, 6.45) is 1.85. The Morgan fingerprint density at radius 2 is 1.86 bits per heavy atom. The van der Waals surface area contributed by atoms with Crippen molar-refractivity contribution in [1.82, 2.24) is 29.5 Å². The van der Waals surface area contributed by atoms with E-state index < -0.39 is 5.95 Å². The zero-order valence-corrected chi connectivity index (χ0v) is 26.4. The number of piperidine rings is 1. The highest BCUT2D eigenvalue weighted by Gasteiger charge is 2.54. The number of halogens is 1. The standard InChI is InChI=1S/C32H36FN9OS/c1-5-42-29(39(4)31-35-26(25(15-34)44-31)21-8-6-20(2)7-9-21)23-14-24(27(33)36-28(23)37-42)40-16-32(17-40)18-41(19-32)30(43)22-10-12-38(3)13-11-22/h6-9,14,22H,5,10-13,16-19H2,1-4H3. The molecule has 0 unspecified atom stereocenters. The molecule has 0 saturated carbocycles. The predicted octanol–water partition coefficient (Wildman–Crippen LogP) is 4.65. The quantitative estimate of drug-likeness (QED) is 0.290. The number of likely N-dealkylation sites (tertiary alicyclic amines) is 2. The van der Waals surface area contributed by atoms with E-state index in [9.17, 15) is 10.1 Å². The van der Waals surface area contributed by atoms with Crippen LogP contribution in [0.5, 0.6) is 0 Å². The smallest absolute Gasteiger partial charge is 0.238 e. The molecule has 4 aromatic rings. The van der Waals surface area contributed by atoms with Crippen molar-refractivity contribution in [2.24, 2.45) is 11.3 Å². The maximum Gasteiger partial charge on any atom is 0.238 e. The largest absolute Gasteiger partial charge is 0.366 e. The van der Waals surface area contributed by atoms with E-state index >= 15 is 4.39 Å². The molecule has 0 radical (unpaired) electrons. The molecular weight excluding hydrogens is 577 g/mol. The highest BCUT2D eigenvalue weighted by molar-refractivity contribution is 7.16. The Hall–Kier alpha value is -4.08. The molecule has 3 aromatic heterocycles. The van der Waals surface area contributed by atoms with Gasteiger partial charge >= 0.3 is 0 Å². The van der Waals surface area contributed by atoms with Crippen LogP contribution in [0.1, 0.15) is 30.2 Å². The molecule has 44 heavy (non-hydrogen) atoms. The summed E-state index contributed by atoms with van der Waals surface area (Å²) in [5.41, 5.74) is 3.47. The average Bonchev–Trinajstić information content (AvgIpc) is 3.57. The van der Waals surface area contributed by atoms with Crippen LogP contribution in [0, 0.1) is 35.5 Å². The van der Waals surface area contributed by atoms with Crippen LogP contribution in [-0.4, -0.2) is 88.8 Å². The van der Waals surface area contributed by atoms with Gasteiger partial charge in [-0.25, -0.2) is 9.67 Å². The summed E-state index contributed by atoms with van der Waals surface area (Å²) in [6, 6.07) is 12.1. The lowest BCUT2D eigenvalue weighted by Crippen LogP contribution is -2.73. The van der Waals surface area contributed by atoms with Crippen molar-refractivity contribution in [3.8, 4) is 17.3 Å². The minimum absolute atomic E-state index is 0.0245. The summed E-state index contributed by atoms with van der Waals surface area (Å²) in [6.45, 7) is 9.37. The lowest BCUT2D eigenvalue weighted by atomic mass is 9.72. The Balaban J connectivity index is 1.12. The van der Waals surface area contributed by atoms with E-state index in [-0.39, 0.29) is 17.2 Å². The number of nitrogens with zero attached hydrogens (tertiary/aromatic N) is 9. The van der Waals surface area contributed by atoms with Gasteiger partial charge in [0.15, 0.2) is 10.8 Å². The van der Waals surface area contributed by atoms with Gasteiger partial charge in [0, 0.05) is 56.7 Å². The molecule has 6 heterocycles. The second-order valence-corrected chi connectivity index (χ2v) is 13.6. The highest BCUT2D eigenvalue weighted by Crippen LogP contribution is 2.45. The molecular formula is C32H36FN9OS. The Kier molecular flexibility index (Phi) is 7.05. The number of anilines is 3. The second kappa shape index (κ2) is 10.8. The van der Waals surface area contributed by atoms with Crippen molar-refractivity contribution < 1.29 is 9.18 Å². The van der Waals surface area contributed by atoms with Crippen LogP contribution in [0.4, 0.5) is 21.0 Å². The Morgan fingerprint density at radius 3 is 2.52 bits per heavy atom. The number of rotatable bonds is 6. The van der Waals surface area contributed by atoms with Crippen molar-refractivity contribution >= 4 is 44.9 Å². The topological polar surface area (TPSA) is 97.4 Å². The maximum atomic E-state index is 15.4. The first-order valence-corrected chi connectivity index (χ1v) is 16.0. The van der Waals surface area contributed by atoms with E-state index in [0.717, 1.165) is 61.4 Å². The predicted molar refractivity (Wildman–Crippen MR) is 170 cm³/mol. The molecule has 0 atom stereocenters. The summed E-state index contributed by atoms with van der Waals surface area (Å²) >= 11 is 1.32. The molecule has 3 aliphatic heterocycles. The molecule has 0 bridgehead atoms. The fourth-order valence-corrected chi connectivity index (χ4v) is 7.75. The van der Waals surface area contributed by atoms with Crippen LogP contribution < -0.4 is 9.80 Å². The van der Waals surface area contributed by atoms with Gasteiger partial charge in [-0.05, 0) is 52.9 Å². The summed E-state index contributed by atoms with van der Waals surface area (Å²) in [5, 5.41) is 15.9. The molecule has 3 saturated heterocycles. The first-order chi connectivity index (χ1) is 21.2. The number of nitriles is 1. The number of hydrogen-bond donors (Lipinski definition) is 0. The third kappa shape index (κ3) is 4.79. The Labute approximate surface area is 260 Å². The minimum atomic E-state index is -0.538. The van der Waals surface area contributed by atoms with Gasteiger partial charge in [-0.1, -0.05) is 41.2 Å². The molecule has 3 aliphatic rings. The van der Waals surface area contributed by atoms with Gasteiger partial charge in [0.1, 0.15) is 22.5 Å². The fourth-order valence-electron chi connectivity index (χ4n) is 6.90. The summed E-state index contributed by atoms with van der Waals surface area (Å²) in [5.74, 6) is 0.620. The van der Waals surface area contributed by atoms with E-state index in [1.54, 1.807) is 4.68 Å². The minimum Gasteiger partial charge on any atom is -0.366 e. The first kappa shape index (κ1) is 28.7. The summed E-state index contributed by atoms with van der Waals surface area (Å²) in [4.78, 5) is 30.9. The maximum absolute atomic E-state index is 15.4. The highest BCUT2D eigenvalue weighted by atomic mass is 32.1. The Morgan fingerprint density at radius 1 is 1.16 bits per heavy atom.